The highest BCUT2D eigenvalue weighted by atomic mass is 79.9. The van der Waals surface area contributed by atoms with Gasteiger partial charge in [0.05, 0.1) is 12.7 Å². The Kier molecular flexibility index (Phi) is 2.73. The lowest BCUT2D eigenvalue weighted by atomic mass is 10.2. The second-order valence-electron chi connectivity index (χ2n) is 3.07. The SMILES string of the molecule is Oc1cnn(Cc2ccccc2F)c1Br. The highest BCUT2D eigenvalue weighted by Gasteiger charge is 2.08. The minimum atomic E-state index is -0.278. The number of benzene rings is 1. The smallest absolute Gasteiger partial charge is 0.168 e. The Morgan fingerprint density at radius 2 is 2.13 bits per heavy atom. The van der Waals surface area contributed by atoms with E-state index in [4.69, 9.17) is 0 Å². The van der Waals surface area contributed by atoms with Crippen molar-refractivity contribution in [2.75, 3.05) is 0 Å². The molecule has 0 radical (unpaired) electrons. The minimum absolute atomic E-state index is 0.0475. The van der Waals surface area contributed by atoms with Gasteiger partial charge in [0.25, 0.3) is 0 Å². The quantitative estimate of drug-likeness (QED) is 0.911. The molecular formula is C10H8BrFN2O. The van der Waals surface area contributed by atoms with Crippen LogP contribution in [-0.4, -0.2) is 14.9 Å². The average molecular weight is 271 g/mol. The van der Waals surface area contributed by atoms with E-state index >= 15 is 0 Å². The molecule has 0 aliphatic heterocycles. The maximum absolute atomic E-state index is 13.3. The predicted molar refractivity (Wildman–Crippen MR) is 57.1 cm³/mol. The summed E-state index contributed by atoms with van der Waals surface area (Å²) in [6.45, 7) is 0.286. The van der Waals surface area contributed by atoms with Crippen molar-refractivity contribution in [2.45, 2.75) is 6.54 Å². The predicted octanol–water partition coefficient (Wildman–Crippen LogP) is 2.54. The van der Waals surface area contributed by atoms with Crippen molar-refractivity contribution >= 4 is 15.9 Å². The van der Waals surface area contributed by atoms with E-state index in [0.717, 1.165) is 0 Å². The van der Waals surface area contributed by atoms with E-state index in [1.807, 2.05) is 0 Å². The summed E-state index contributed by atoms with van der Waals surface area (Å²) in [5, 5.41) is 13.2. The molecule has 1 aromatic carbocycles. The molecule has 78 valence electrons. The van der Waals surface area contributed by atoms with Gasteiger partial charge < -0.3 is 5.11 Å². The van der Waals surface area contributed by atoms with Gasteiger partial charge in [0.2, 0.25) is 0 Å². The van der Waals surface area contributed by atoms with E-state index < -0.39 is 0 Å². The molecule has 1 aromatic heterocycles. The normalized spacial score (nSPS) is 10.5. The topological polar surface area (TPSA) is 38.1 Å². The summed E-state index contributed by atoms with van der Waals surface area (Å²) in [4.78, 5) is 0. The van der Waals surface area contributed by atoms with Crippen LogP contribution in [0.5, 0.6) is 5.75 Å². The number of halogens is 2. The fourth-order valence-electron chi connectivity index (χ4n) is 1.26. The van der Waals surface area contributed by atoms with Crippen molar-refractivity contribution in [1.29, 1.82) is 0 Å². The van der Waals surface area contributed by atoms with Gasteiger partial charge in [-0.15, -0.1) is 0 Å². The van der Waals surface area contributed by atoms with Gasteiger partial charge in [0, 0.05) is 5.56 Å². The highest BCUT2D eigenvalue weighted by Crippen LogP contribution is 2.23. The van der Waals surface area contributed by atoms with Crippen LogP contribution in [0.25, 0.3) is 0 Å². The van der Waals surface area contributed by atoms with Gasteiger partial charge in [-0.05, 0) is 22.0 Å². The van der Waals surface area contributed by atoms with Crippen molar-refractivity contribution in [2.24, 2.45) is 0 Å². The van der Waals surface area contributed by atoms with Crippen LogP contribution in [0.3, 0.4) is 0 Å². The molecule has 2 aromatic rings. The van der Waals surface area contributed by atoms with Crippen molar-refractivity contribution in [1.82, 2.24) is 9.78 Å². The molecule has 0 aliphatic rings. The van der Waals surface area contributed by atoms with Crippen LogP contribution in [0.4, 0.5) is 4.39 Å². The molecule has 0 aliphatic carbocycles. The monoisotopic (exact) mass is 270 g/mol. The van der Waals surface area contributed by atoms with E-state index in [9.17, 15) is 9.50 Å². The van der Waals surface area contributed by atoms with Crippen LogP contribution in [0.2, 0.25) is 0 Å². The van der Waals surface area contributed by atoms with Gasteiger partial charge >= 0.3 is 0 Å². The first-order valence-corrected chi connectivity index (χ1v) is 5.11. The van der Waals surface area contributed by atoms with E-state index in [1.165, 1.54) is 16.9 Å². The summed E-state index contributed by atoms with van der Waals surface area (Å²) in [5.74, 6) is -0.231. The average Bonchev–Trinajstić information content (AvgIpc) is 2.53. The van der Waals surface area contributed by atoms with Gasteiger partial charge in [-0.1, -0.05) is 18.2 Å². The standard InChI is InChI=1S/C10H8BrFN2O/c11-10-9(15)5-13-14(10)6-7-3-1-2-4-8(7)12/h1-5,15H,6H2. The molecule has 0 spiro atoms. The van der Waals surface area contributed by atoms with E-state index in [1.54, 1.807) is 18.2 Å². The molecule has 0 fully saturated rings. The summed E-state index contributed by atoms with van der Waals surface area (Å²) in [6.07, 6.45) is 1.31. The Morgan fingerprint density at radius 3 is 2.73 bits per heavy atom. The lowest BCUT2D eigenvalue weighted by Crippen LogP contribution is -2.03. The molecule has 0 bridgehead atoms. The molecular weight excluding hydrogens is 263 g/mol. The summed E-state index contributed by atoms with van der Waals surface area (Å²) in [6, 6.07) is 6.47. The van der Waals surface area contributed by atoms with Gasteiger partial charge in [-0.3, -0.25) is 4.68 Å². The fraction of sp³-hybridized carbons (Fsp3) is 0.100. The Hall–Kier alpha value is -1.36. The molecule has 0 saturated heterocycles. The summed E-state index contributed by atoms with van der Waals surface area (Å²) in [7, 11) is 0. The fourth-order valence-corrected chi connectivity index (χ4v) is 1.58. The molecule has 5 heteroatoms. The highest BCUT2D eigenvalue weighted by molar-refractivity contribution is 9.10. The first-order valence-electron chi connectivity index (χ1n) is 4.32. The van der Waals surface area contributed by atoms with Crippen LogP contribution in [0.1, 0.15) is 5.56 Å². The Morgan fingerprint density at radius 1 is 1.40 bits per heavy atom. The van der Waals surface area contributed by atoms with Crippen molar-refractivity contribution in [3.05, 3.63) is 46.4 Å². The number of rotatable bonds is 2. The largest absolute Gasteiger partial charge is 0.504 e. The molecule has 0 amide bonds. The second-order valence-corrected chi connectivity index (χ2v) is 3.82. The molecule has 1 N–H and O–H groups in total. The van der Waals surface area contributed by atoms with Crippen LogP contribution >= 0.6 is 15.9 Å². The molecule has 0 saturated carbocycles. The third kappa shape index (κ3) is 2.02. The Labute approximate surface area is 94.3 Å². The van der Waals surface area contributed by atoms with Crippen LogP contribution in [-0.2, 0) is 6.54 Å². The summed E-state index contributed by atoms with van der Waals surface area (Å²) in [5.41, 5.74) is 0.529. The van der Waals surface area contributed by atoms with Gasteiger partial charge in [-0.25, -0.2) is 4.39 Å². The summed E-state index contributed by atoms with van der Waals surface area (Å²) < 4.78 is 15.2. The maximum atomic E-state index is 13.3. The third-order valence-corrected chi connectivity index (χ3v) is 2.85. The first-order chi connectivity index (χ1) is 7.18. The number of nitrogens with zero attached hydrogens (tertiary/aromatic N) is 2. The van der Waals surface area contributed by atoms with Gasteiger partial charge in [-0.2, -0.15) is 5.10 Å². The molecule has 0 unspecified atom stereocenters. The van der Waals surface area contributed by atoms with E-state index in [0.29, 0.717) is 10.2 Å². The zero-order valence-corrected chi connectivity index (χ0v) is 9.28. The number of aromatic nitrogens is 2. The molecule has 15 heavy (non-hydrogen) atoms. The number of hydrogen-bond acceptors (Lipinski definition) is 2. The summed E-state index contributed by atoms with van der Waals surface area (Å²) >= 11 is 3.16. The third-order valence-electron chi connectivity index (χ3n) is 2.04. The number of aromatic hydroxyl groups is 1. The minimum Gasteiger partial charge on any atom is -0.504 e. The van der Waals surface area contributed by atoms with Crippen molar-refractivity contribution in [3.63, 3.8) is 0 Å². The second kappa shape index (κ2) is 4.02. The zero-order chi connectivity index (χ0) is 10.8. The van der Waals surface area contributed by atoms with Gasteiger partial charge in [0.15, 0.2) is 5.75 Å². The van der Waals surface area contributed by atoms with Crippen LogP contribution in [0, 0.1) is 5.82 Å². The maximum Gasteiger partial charge on any atom is 0.168 e. The van der Waals surface area contributed by atoms with Gasteiger partial charge in [0.1, 0.15) is 10.4 Å². The van der Waals surface area contributed by atoms with Crippen LogP contribution in [0.15, 0.2) is 35.1 Å². The first kappa shape index (κ1) is 10.2. The van der Waals surface area contributed by atoms with E-state index in [2.05, 4.69) is 21.0 Å². The molecule has 0 atom stereocenters. The molecule has 2 rings (SSSR count). The van der Waals surface area contributed by atoms with Crippen molar-refractivity contribution < 1.29 is 9.50 Å². The van der Waals surface area contributed by atoms with Crippen LogP contribution < -0.4 is 0 Å². The van der Waals surface area contributed by atoms with E-state index in [-0.39, 0.29) is 18.1 Å². The lowest BCUT2D eigenvalue weighted by Gasteiger charge is -2.04. The molecule has 1 heterocycles. The lowest BCUT2D eigenvalue weighted by molar-refractivity contribution is 0.469. The number of hydrogen-bond donors (Lipinski definition) is 1. The Balaban J connectivity index is 2.30. The molecule has 3 nitrogen and oxygen atoms in total. The van der Waals surface area contributed by atoms with Crippen molar-refractivity contribution in [3.8, 4) is 5.75 Å². The zero-order valence-electron chi connectivity index (χ0n) is 7.69. The Bertz CT molecular complexity index is 484.